The molecule has 0 aliphatic rings. The van der Waals surface area contributed by atoms with Crippen molar-refractivity contribution in [3.63, 3.8) is 0 Å². The Hall–Kier alpha value is -2.07. The lowest BCUT2D eigenvalue weighted by Crippen LogP contribution is -2.07. The van der Waals surface area contributed by atoms with Crippen molar-refractivity contribution >= 4 is 0 Å². The van der Waals surface area contributed by atoms with Gasteiger partial charge in [0.2, 0.25) is 0 Å². The van der Waals surface area contributed by atoms with Gasteiger partial charge in [0, 0.05) is 37.6 Å². The fourth-order valence-corrected chi connectivity index (χ4v) is 1.75. The van der Waals surface area contributed by atoms with Gasteiger partial charge in [-0.05, 0) is 24.1 Å². The zero-order valence-electron chi connectivity index (χ0n) is 10.8. The number of aryl methyl sites for hydroxylation is 1. The molecule has 4 nitrogen and oxygen atoms in total. The highest BCUT2D eigenvalue weighted by Gasteiger charge is 1.95. The standard InChI is InChI=1S/C15H18N2O2/c16-12-13-2-4-15(5-3-13)19-11-1-8-17-9-6-14(18)7-10-17/h2-7,9-10H,1,8,11-12,16H2. The summed E-state index contributed by atoms with van der Waals surface area (Å²) in [5.41, 5.74) is 6.66. The van der Waals surface area contributed by atoms with Crippen molar-refractivity contribution in [2.45, 2.75) is 19.5 Å². The Morgan fingerprint density at radius 1 is 1.05 bits per heavy atom. The molecule has 2 rings (SSSR count). The van der Waals surface area contributed by atoms with Crippen LogP contribution >= 0.6 is 0 Å². The molecule has 1 heterocycles. The first-order valence-corrected chi connectivity index (χ1v) is 6.36. The van der Waals surface area contributed by atoms with Crippen LogP contribution < -0.4 is 15.9 Å². The van der Waals surface area contributed by atoms with Gasteiger partial charge >= 0.3 is 0 Å². The van der Waals surface area contributed by atoms with Crippen LogP contribution in [0, 0.1) is 0 Å². The topological polar surface area (TPSA) is 57.2 Å². The molecule has 0 aliphatic carbocycles. The smallest absolute Gasteiger partial charge is 0.181 e. The van der Waals surface area contributed by atoms with E-state index in [2.05, 4.69) is 0 Å². The van der Waals surface area contributed by atoms with E-state index in [1.807, 2.05) is 28.8 Å². The fraction of sp³-hybridized carbons (Fsp3) is 0.267. The minimum atomic E-state index is 0.0347. The summed E-state index contributed by atoms with van der Waals surface area (Å²) < 4.78 is 7.61. The van der Waals surface area contributed by atoms with Crippen molar-refractivity contribution in [1.82, 2.24) is 4.57 Å². The lowest BCUT2D eigenvalue weighted by atomic mass is 10.2. The third-order valence-electron chi connectivity index (χ3n) is 2.85. The van der Waals surface area contributed by atoms with Gasteiger partial charge in [-0.25, -0.2) is 0 Å². The number of aromatic nitrogens is 1. The normalized spacial score (nSPS) is 10.4. The van der Waals surface area contributed by atoms with Crippen LogP contribution in [0.15, 0.2) is 53.6 Å². The molecule has 0 unspecified atom stereocenters. The number of nitrogens with two attached hydrogens (primary N) is 1. The first kappa shape index (κ1) is 13.4. The van der Waals surface area contributed by atoms with Gasteiger partial charge in [0.25, 0.3) is 0 Å². The molecule has 1 aromatic carbocycles. The van der Waals surface area contributed by atoms with E-state index in [4.69, 9.17) is 10.5 Å². The van der Waals surface area contributed by atoms with E-state index in [0.717, 1.165) is 24.3 Å². The molecule has 4 heteroatoms. The van der Waals surface area contributed by atoms with Crippen LogP contribution in [0.4, 0.5) is 0 Å². The largest absolute Gasteiger partial charge is 0.494 e. The monoisotopic (exact) mass is 258 g/mol. The predicted octanol–water partition coefficient (Wildman–Crippen LogP) is 1.78. The molecule has 0 saturated heterocycles. The van der Waals surface area contributed by atoms with Crippen molar-refractivity contribution in [3.8, 4) is 5.75 Å². The average Bonchev–Trinajstić information content (AvgIpc) is 2.46. The number of benzene rings is 1. The molecule has 0 saturated carbocycles. The molecular formula is C15H18N2O2. The van der Waals surface area contributed by atoms with E-state index in [1.54, 1.807) is 24.5 Å². The highest BCUT2D eigenvalue weighted by Crippen LogP contribution is 2.12. The van der Waals surface area contributed by atoms with Crippen molar-refractivity contribution in [3.05, 3.63) is 64.6 Å². The van der Waals surface area contributed by atoms with Crippen molar-refractivity contribution in [2.75, 3.05) is 6.61 Å². The highest BCUT2D eigenvalue weighted by atomic mass is 16.5. The second kappa shape index (κ2) is 6.75. The van der Waals surface area contributed by atoms with Crippen LogP contribution in [0.5, 0.6) is 5.75 Å². The van der Waals surface area contributed by atoms with E-state index >= 15 is 0 Å². The Morgan fingerprint density at radius 2 is 1.74 bits per heavy atom. The summed E-state index contributed by atoms with van der Waals surface area (Å²) in [6.45, 7) is 2.03. The second-order valence-corrected chi connectivity index (χ2v) is 4.32. The van der Waals surface area contributed by atoms with Gasteiger partial charge in [0.15, 0.2) is 5.43 Å². The molecule has 19 heavy (non-hydrogen) atoms. The lowest BCUT2D eigenvalue weighted by molar-refractivity contribution is 0.301. The Labute approximate surface area is 112 Å². The van der Waals surface area contributed by atoms with Crippen LogP contribution in [0.2, 0.25) is 0 Å². The molecule has 0 spiro atoms. The Balaban J connectivity index is 1.74. The second-order valence-electron chi connectivity index (χ2n) is 4.32. The average molecular weight is 258 g/mol. The van der Waals surface area contributed by atoms with Crippen LogP contribution in [-0.2, 0) is 13.1 Å². The molecule has 2 N–H and O–H groups in total. The quantitative estimate of drug-likeness (QED) is 0.803. The van der Waals surface area contributed by atoms with E-state index in [9.17, 15) is 4.79 Å². The molecule has 0 radical (unpaired) electrons. The zero-order chi connectivity index (χ0) is 13.5. The fourth-order valence-electron chi connectivity index (χ4n) is 1.75. The minimum absolute atomic E-state index is 0.0347. The molecule has 0 aliphatic heterocycles. The maximum absolute atomic E-state index is 10.9. The van der Waals surface area contributed by atoms with Gasteiger partial charge in [-0.3, -0.25) is 4.79 Å². The summed E-state index contributed by atoms with van der Waals surface area (Å²) in [5, 5.41) is 0. The Kier molecular flexibility index (Phi) is 4.75. The first-order valence-electron chi connectivity index (χ1n) is 6.36. The van der Waals surface area contributed by atoms with Crippen LogP contribution in [0.25, 0.3) is 0 Å². The minimum Gasteiger partial charge on any atom is -0.494 e. The molecule has 0 fully saturated rings. The Bertz CT molecular complexity index is 541. The number of rotatable bonds is 6. The maximum atomic E-state index is 10.9. The van der Waals surface area contributed by atoms with E-state index in [-0.39, 0.29) is 5.43 Å². The molecule has 100 valence electrons. The summed E-state index contributed by atoms with van der Waals surface area (Å²) in [4.78, 5) is 10.9. The van der Waals surface area contributed by atoms with E-state index < -0.39 is 0 Å². The zero-order valence-corrected chi connectivity index (χ0v) is 10.8. The molecular weight excluding hydrogens is 240 g/mol. The summed E-state index contributed by atoms with van der Waals surface area (Å²) in [6.07, 6.45) is 4.47. The van der Waals surface area contributed by atoms with E-state index in [1.165, 1.54) is 0 Å². The first-order chi connectivity index (χ1) is 9.28. The summed E-state index contributed by atoms with van der Waals surface area (Å²) in [7, 11) is 0. The molecule has 2 aromatic rings. The number of nitrogens with zero attached hydrogens (tertiary/aromatic N) is 1. The lowest BCUT2D eigenvalue weighted by Gasteiger charge is -2.08. The number of hydrogen-bond acceptors (Lipinski definition) is 3. The van der Waals surface area contributed by atoms with Crippen LogP contribution in [-0.4, -0.2) is 11.2 Å². The third-order valence-corrected chi connectivity index (χ3v) is 2.85. The van der Waals surface area contributed by atoms with Crippen LogP contribution in [0.3, 0.4) is 0 Å². The predicted molar refractivity (Wildman–Crippen MR) is 75.1 cm³/mol. The summed E-state index contributed by atoms with van der Waals surface area (Å²) in [5.74, 6) is 0.858. The molecule has 0 bridgehead atoms. The Morgan fingerprint density at radius 3 is 2.37 bits per heavy atom. The van der Waals surface area contributed by atoms with Crippen molar-refractivity contribution in [2.24, 2.45) is 5.73 Å². The van der Waals surface area contributed by atoms with Crippen molar-refractivity contribution in [1.29, 1.82) is 0 Å². The van der Waals surface area contributed by atoms with Gasteiger partial charge in [0.05, 0.1) is 6.61 Å². The van der Waals surface area contributed by atoms with Crippen LogP contribution in [0.1, 0.15) is 12.0 Å². The SMILES string of the molecule is NCc1ccc(OCCCn2ccc(=O)cc2)cc1. The van der Waals surface area contributed by atoms with Gasteiger partial charge in [-0.1, -0.05) is 12.1 Å². The third kappa shape index (κ3) is 4.26. The van der Waals surface area contributed by atoms with Gasteiger partial charge < -0.3 is 15.0 Å². The van der Waals surface area contributed by atoms with E-state index in [0.29, 0.717) is 13.2 Å². The molecule has 1 aromatic heterocycles. The van der Waals surface area contributed by atoms with Crippen molar-refractivity contribution < 1.29 is 4.74 Å². The molecule has 0 amide bonds. The molecule has 0 atom stereocenters. The summed E-state index contributed by atoms with van der Waals surface area (Å²) >= 11 is 0. The maximum Gasteiger partial charge on any atom is 0.181 e. The van der Waals surface area contributed by atoms with Gasteiger partial charge in [0.1, 0.15) is 5.75 Å². The number of hydrogen-bond donors (Lipinski definition) is 1. The number of pyridine rings is 1. The summed E-state index contributed by atoms with van der Waals surface area (Å²) in [6, 6.07) is 10.9. The number of ether oxygens (including phenoxy) is 1. The van der Waals surface area contributed by atoms with Gasteiger partial charge in [-0.2, -0.15) is 0 Å². The highest BCUT2D eigenvalue weighted by molar-refractivity contribution is 5.26. The van der Waals surface area contributed by atoms with Gasteiger partial charge in [-0.15, -0.1) is 0 Å².